The van der Waals surface area contributed by atoms with Crippen molar-refractivity contribution in [2.75, 3.05) is 21.3 Å². The van der Waals surface area contributed by atoms with Crippen molar-refractivity contribution in [3.8, 4) is 11.5 Å². The molecule has 2 N–H and O–H groups in total. The number of ketones is 2. The van der Waals surface area contributed by atoms with Crippen LogP contribution in [-0.2, 0) is 63.6 Å². The lowest BCUT2D eigenvalue weighted by Crippen LogP contribution is -2.35. The number of ether oxygens (including phenoxy) is 3. The number of methoxy groups -OCH3 is 3. The fourth-order valence-corrected chi connectivity index (χ4v) is 13.1. The van der Waals surface area contributed by atoms with E-state index in [0.29, 0.717) is 55.3 Å². The Hall–Kier alpha value is -16.8. The van der Waals surface area contributed by atoms with Crippen LogP contribution in [0.1, 0.15) is 126 Å². The van der Waals surface area contributed by atoms with Crippen molar-refractivity contribution >= 4 is 94.8 Å². The maximum absolute atomic E-state index is 13.0. The summed E-state index contributed by atoms with van der Waals surface area (Å²) in [5.74, 6) is -5.23. The lowest BCUT2D eigenvalue weighted by Gasteiger charge is -2.17. The van der Waals surface area contributed by atoms with Gasteiger partial charge in [-0.25, -0.2) is 39.3 Å². The van der Waals surface area contributed by atoms with Crippen molar-refractivity contribution in [3.05, 3.63) is 405 Å². The van der Waals surface area contributed by atoms with Crippen LogP contribution in [0.2, 0.25) is 0 Å². The molecule has 0 atom stereocenters. The fourth-order valence-electron chi connectivity index (χ4n) is 12.6. The highest BCUT2D eigenvalue weighted by Gasteiger charge is 2.50. The van der Waals surface area contributed by atoms with E-state index in [1.54, 1.807) is 85.2 Å². The first-order valence-corrected chi connectivity index (χ1v) is 42.3. The molecule has 684 valence electrons. The second kappa shape index (κ2) is 47.3. The van der Waals surface area contributed by atoms with Gasteiger partial charge in [0.25, 0.3) is 16.7 Å². The number of hydrogen-bond acceptors (Lipinski definition) is 27. The van der Waals surface area contributed by atoms with Gasteiger partial charge in [0.2, 0.25) is 0 Å². The summed E-state index contributed by atoms with van der Waals surface area (Å²) in [6, 6.07) is 76.5. The van der Waals surface area contributed by atoms with Crippen LogP contribution in [0.4, 0.5) is 13.2 Å². The second-order valence-electron chi connectivity index (χ2n) is 27.4. The first-order valence-electron chi connectivity index (χ1n) is 40.9. The Morgan fingerprint density at radius 2 is 0.647 bits per heavy atom. The smallest absolute Gasteiger partial charge is 0.506 e. The Morgan fingerprint density at radius 1 is 0.353 bits per heavy atom. The molecule has 10 aromatic heterocycles. The average Bonchev–Trinajstić information content (AvgIpc) is 0.684. The van der Waals surface area contributed by atoms with E-state index < -0.39 is 89.3 Å². The summed E-state index contributed by atoms with van der Waals surface area (Å²) in [6.07, 6.45) is 8.87. The number of halogens is 3. The molecule has 10 heterocycles. The van der Waals surface area contributed by atoms with Crippen molar-refractivity contribution in [2.45, 2.75) is 85.3 Å². The van der Waals surface area contributed by atoms with Crippen molar-refractivity contribution in [2.24, 2.45) is 0 Å². The number of carbonyl (C=O) groups is 5. The Kier molecular flexibility index (Phi) is 35.0. The van der Waals surface area contributed by atoms with Crippen molar-refractivity contribution in [1.82, 2.24) is 48.6 Å². The van der Waals surface area contributed by atoms with Gasteiger partial charge in [0.15, 0.2) is 56.7 Å². The number of aromatic nitrogens is 10. The van der Waals surface area contributed by atoms with E-state index in [2.05, 4.69) is 43.3 Å². The number of fused-ring (bicyclic) bond motifs is 5. The lowest BCUT2D eigenvalue weighted by molar-refractivity contribution is -0.0500. The number of aromatic hydroxyl groups is 1. The van der Waals surface area contributed by atoms with Gasteiger partial charge < -0.3 is 48.1 Å². The number of nitrogens with zero attached hydrogens (tertiary/aromatic N) is 10. The van der Waals surface area contributed by atoms with E-state index in [-0.39, 0.29) is 89.9 Å². The van der Waals surface area contributed by atoms with Crippen molar-refractivity contribution < 1.29 is 93.6 Å². The molecule has 0 bridgehead atoms. The maximum Gasteiger partial charge on any atom is 0.534 e. The molecule has 32 nitrogen and oxygen atoms in total. The lowest BCUT2D eigenvalue weighted by atomic mass is 10.0. The molecule has 0 aliphatic carbocycles. The minimum absolute atomic E-state index is 0.0149. The van der Waals surface area contributed by atoms with Gasteiger partial charge in [0.1, 0.15) is 37.7 Å². The van der Waals surface area contributed by atoms with Crippen LogP contribution in [0.25, 0.3) is 55.2 Å². The van der Waals surface area contributed by atoms with Gasteiger partial charge in [-0.05, 0) is 125 Å². The van der Waals surface area contributed by atoms with E-state index in [0.717, 1.165) is 62.3 Å². The molecule has 16 aromatic rings. The Labute approximate surface area is 756 Å². The van der Waals surface area contributed by atoms with Crippen LogP contribution in [-0.4, -0.2) is 124 Å². The van der Waals surface area contributed by atoms with E-state index in [4.69, 9.17) is 19.4 Å². The number of alkyl halides is 3. The van der Waals surface area contributed by atoms with E-state index in [1.807, 2.05) is 185 Å². The van der Waals surface area contributed by atoms with Crippen molar-refractivity contribution in [3.63, 3.8) is 0 Å². The zero-order chi connectivity index (χ0) is 95.7. The number of rotatable bonds is 25. The zero-order valence-corrected chi connectivity index (χ0v) is 73.3. The summed E-state index contributed by atoms with van der Waals surface area (Å²) in [5.41, 5.74) is -5.37. The molecule has 16 rings (SSSR count). The molecule has 0 spiro atoms. The average molecular weight is 1830 g/mol. The van der Waals surface area contributed by atoms with Gasteiger partial charge in [-0.1, -0.05) is 210 Å². The van der Waals surface area contributed by atoms with E-state index >= 15 is 0 Å². The molecule has 133 heavy (non-hydrogen) atoms. The van der Waals surface area contributed by atoms with Gasteiger partial charge in [-0.15, -0.1) is 23.7 Å². The number of benzene rings is 6. The van der Waals surface area contributed by atoms with Gasteiger partial charge in [0.05, 0.1) is 43.2 Å². The SMILES string of the molecule is CC.CC.COC(=O)c1c(O)c2cccnc2n(OCc2ccccc2)c1=O.COC(=O)c1c(OS(=O)(=O)C(F)(F)F)c2cccnc2n(OCc2ccccc2)c1=O.COC(=O)c1cc2cccnc2n(OCc2ccccc2)c1=O.O=C(CCc1ccccc1)c1cc2cccnc2n(O)c1=O.O=C(CCc1ccccc1)c1cc2cccnc2n(OCc2ccccc2)c1=O. The first kappa shape index (κ1) is 98.4. The van der Waals surface area contributed by atoms with Crippen LogP contribution < -0.4 is 51.3 Å². The molecule has 0 unspecified atom stereocenters. The number of Topliss-reactive ketones (excluding diaryl/α,β-unsaturated/α-hetero) is 2. The molecule has 0 radical (unpaired) electrons. The third-order valence-corrected chi connectivity index (χ3v) is 19.9. The van der Waals surface area contributed by atoms with E-state index in [1.165, 1.54) is 50.0 Å². The Morgan fingerprint density at radius 3 is 1.02 bits per heavy atom. The zero-order valence-electron chi connectivity index (χ0n) is 72.4. The Balaban J connectivity index is 0.000000171. The molecule has 0 saturated heterocycles. The second-order valence-corrected chi connectivity index (χ2v) is 29.0. The van der Waals surface area contributed by atoms with Crippen LogP contribution in [0.3, 0.4) is 0 Å². The van der Waals surface area contributed by atoms with Crippen LogP contribution in [0.15, 0.2) is 316 Å². The summed E-state index contributed by atoms with van der Waals surface area (Å²) < 4.78 is 83.7. The summed E-state index contributed by atoms with van der Waals surface area (Å²) in [6.45, 7) is 8.30. The molecule has 0 aliphatic rings. The third kappa shape index (κ3) is 24.8. The fraction of sp³-hybridized carbons (Fsp3) is 0.165. The van der Waals surface area contributed by atoms with E-state index in [9.17, 15) is 79.8 Å². The first-order chi connectivity index (χ1) is 64.3. The molecular weight excluding hydrogens is 1750 g/mol. The minimum atomic E-state index is -6.22. The topological polar surface area (TPSA) is 408 Å². The molecule has 0 amide bonds. The van der Waals surface area contributed by atoms with Gasteiger partial charge in [0, 0.05) is 60.0 Å². The quantitative estimate of drug-likeness (QED) is 0.0134. The molecule has 0 aliphatic heterocycles. The molecule has 6 aromatic carbocycles. The highest BCUT2D eigenvalue weighted by Crippen LogP contribution is 2.34. The molecule has 0 fully saturated rings. The molecular formula is C97H87F3N10O22S. The maximum atomic E-state index is 13.0. The number of esters is 3. The third-order valence-electron chi connectivity index (χ3n) is 18.9. The van der Waals surface area contributed by atoms with Gasteiger partial charge in [-0.2, -0.15) is 21.6 Å². The highest BCUT2D eigenvalue weighted by molar-refractivity contribution is 7.88. The number of carbonyl (C=O) groups excluding carboxylic acids is 5. The predicted molar refractivity (Wildman–Crippen MR) is 486 cm³/mol. The van der Waals surface area contributed by atoms with Crippen LogP contribution >= 0.6 is 0 Å². The van der Waals surface area contributed by atoms with Crippen LogP contribution in [0.5, 0.6) is 11.5 Å². The van der Waals surface area contributed by atoms with Gasteiger partial charge >= 0.3 is 44.7 Å². The standard InChI is InChI=1S/C24H20N2O3.C18H13F3N2O7S.C17H14N2O5.C17H14N2O4.C17H14N2O3.2C2H6/c27-22(14-13-18-8-3-1-4-9-18)21-16-20-12-7-15-25-23(20)26(24(21)28)29-17-19-10-5-2-6-11-19;1-28-17(25)13-14(30-31(26,27)18(19,20)21)12-8-5-9-22-15(12)23(16(13)24)29-10-11-6-3-2-4-7-11;1-23-17(22)13-14(20)12-8-5-9-18-15(12)19(16(13)21)24-10-11-6-3-2-4-7-11;1-22-17(21)14-10-13-8-5-9-18-15(13)19(16(14)20)23-11-12-6-3-2-4-7-12;20-15(9-8-12-5-2-1-3-6-12)14-11-13-7-4-10-18-16(13)19(22)17(14)21;2*1-2/h1-12,15-16H,13-14,17H2;2-9H,10H2,1H3;2-9,20H,10H2,1H3;2-10H,11H2,1H3;1-7,10-11,22H,8-9H2;2*1-2H3. The summed E-state index contributed by atoms with van der Waals surface area (Å²) >= 11 is 0. The predicted octanol–water partition coefficient (Wildman–Crippen LogP) is 13.7. The molecule has 36 heteroatoms. The number of hydrogen-bond donors (Lipinski definition) is 2. The van der Waals surface area contributed by atoms with Gasteiger partial charge in [-0.3, -0.25) is 33.6 Å². The normalized spacial score (nSPS) is 10.7. The number of aryl methyl sites for hydroxylation is 2. The summed E-state index contributed by atoms with van der Waals surface area (Å²) in [4.78, 5) is 167. The Bertz CT molecular complexity index is 7210. The summed E-state index contributed by atoms with van der Waals surface area (Å²) in [7, 11) is -3.01. The highest BCUT2D eigenvalue weighted by atomic mass is 32.2. The molecule has 0 saturated carbocycles. The number of pyridine rings is 10. The monoisotopic (exact) mass is 1830 g/mol. The minimum Gasteiger partial charge on any atom is -0.506 e. The summed E-state index contributed by atoms with van der Waals surface area (Å²) in [5, 5.41) is 21.8. The van der Waals surface area contributed by atoms with Crippen LogP contribution in [0, 0.1) is 0 Å². The largest absolute Gasteiger partial charge is 0.534 e. The van der Waals surface area contributed by atoms with Crippen molar-refractivity contribution in [1.29, 1.82) is 0 Å².